The molecule has 2 aromatic rings. The van der Waals surface area contributed by atoms with Crippen molar-refractivity contribution >= 4 is 27.3 Å². The first-order chi connectivity index (χ1) is 12.9. The van der Waals surface area contributed by atoms with E-state index in [1.54, 1.807) is 16.4 Å². The van der Waals surface area contributed by atoms with Gasteiger partial charge in [0.25, 0.3) is 0 Å². The van der Waals surface area contributed by atoms with Gasteiger partial charge in [-0.05, 0) is 48.7 Å². The fourth-order valence-electron chi connectivity index (χ4n) is 3.74. The van der Waals surface area contributed by atoms with Crippen LogP contribution in [0.1, 0.15) is 17.5 Å². The van der Waals surface area contributed by atoms with Crippen LogP contribution in [-0.4, -0.2) is 44.8 Å². The molecule has 2 aromatic carbocycles. The third kappa shape index (κ3) is 3.44. The summed E-state index contributed by atoms with van der Waals surface area (Å²) < 4.78 is 27.5. The van der Waals surface area contributed by atoms with E-state index in [0.29, 0.717) is 37.5 Å². The van der Waals surface area contributed by atoms with E-state index in [9.17, 15) is 13.2 Å². The van der Waals surface area contributed by atoms with Crippen molar-refractivity contribution in [3.8, 4) is 0 Å². The Bertz CT molecular complexity index is 980. The standard InChI is InChI=1S/C20H23N3O3S/c1-15-4-2-3-5-19(15)27(25,26)23-12-10-22(11-13-23)17-7-8-18-16(14-17)6-9-20(24)21-18/h2-5,7-8,14H,6,9-13H2,1H3,(H,21,24). The number of carbonyl (C=O) groups excluding carboxylic acids is 1. The Kier molecular flexibility index (Phi) is 4.65. The van der Waals surface area contributed by atoms with Crippen LogP contribution < -0.4 is 10.2 Å². The highest BCUT2D eigenvalue weighted by molar-refractivity contribution is 7.89. The summed E-state index contributed by atoms with van der Waals surface area (Å²) in [6.45, 7) is 4.05. The highest BCUT2D eigenvalue weighted by atomic mass is 32.2. The molecule has 2 aliphatic heterocycles. The molecule has 0 atom stereocenters. The summed E-state index contributed by atoms with van der Waals surface area (Å²) in [5.41, 5.74) is 3.88. The number of sulfonamides is 1. The van der Waals surface area contributed by atoms with Gasteiger partial charge < -0.3 is 10.2 Å². The van der Waals surface area contributed by atoms with Crippen molar-refractivity contribution < 1.29 is 13.2 Å². The number of aryl methyl sites for hydroxylation is 2. The van der Waals surface area contributed by atoms with E-state index in [2.05, 4.69) is 16.3 Å². The number of carbonyl (C=O) groups is 1. The number of hydrogen-bond acceptors (Lipinski definition) is 4. The first-order valence-electron chi connectivity index (χ1n) is 9.19. The summed E-state index contributed by atoms with van der Waals surface area (Å²) in [5.74, 6) is 0.0604. The fraction of sp³-hybridized carbons (Fsp3) is 0.350. The van der Waals surface area contributed by atoms with Crippen LogP contribution in [0.25, 0.3) is 0 Å². The van der Waals surface area contributed by atoms with Crippen molar-refractivity contribution in [3.05, 3.63) is 53.6 Å². The van der Waals surface area contributed by atoms with Crippen LogP contribution in [-0.2, 0) is 21.2 Å². The number of piperazine rings is 1. The third-order valence-corrected chi connectivity index (χ3v) is 7.36. The molecular formula is C20H23N3O3S. The van der Waals surface area contributed by atoms with Gasteiger partial charge in [-0.1, -0.05) is 18.2 Å². The molecular weight excluding hydrogens is 362 g/mol. The van der Waals surface area contributed by atoms with E-state index in [4.69, 9.17) is 0 Å². The first kappa shape index (κ1) is 18.0. The van der Waals surface area contributed by atoms with Crippen molar-refractivity contribution in [2.75, 3.05) is 36.4 Å². The molecule has 1 amide bonds. The van der Waals surface area contributed by atoms with Crippen LogP contribution in [0.5, 0.6) is 0 Å². The molecule has 0 spiro atoms. The zero-order valence-corrected chi connectivity index (χ0v) is 16.1. The van der Waals surface area contributed by atoms with Crippen molar-refractivity contribution in [2.24, 2.45) is 0 Å². The highest BCUT2D eigenvalue weighted by Gasteiger charge is 2.29. The van der Waals surface area contributed by atoms with E-state index >= 15 is 0 Å². The van der Waals surface area contributed by atoms with Gasteiger partial charge in [-0.2, -0.15) is 4.31 Å². The lowest BCUT2D eigenvalue weighted by atomic mass is 10.0. The summed E-state index contributed by atoms with van der Waals surface area (Å²) in [6.07, 6.45) is 1.26. The van der Waals surface area contributed by atoms with Gasteiger partial charge in [0.05, 0.1) is 4.90 Å². The molecule has 2 heterocycles. The van der Waals surface area contributed by atoms with Gasteiger partial charge in [0.15, 0.2) is 0 Å². The van der Waals surface area contributed by atoms with Crippen LogP contribution in [0.15, 0.2) is 47.4 Å². The molecule has 142 valence electrons. The fourth-order valence-corrected chi connectivity index (χ4v) is 5.39. The Labute approximate surface area is 159 Å². The Hall–Kier alpha value is -2.38. The predicted molar refractivity (Wildman–Crippen MR) is 106 cm³/mol. The number of anilines is 2. The maximum atomic E-state index is 12.9. The molecule has 1 saturated heterocycles. The van der Waals surface area contributed by atoms with Crippen LogP contribution in [0.2, 0.25) is 0 Å². The van der Waals surface area contributed by atoms with Gasteiger partial charge >= 0.3 is 0 Å². The van der Waals surface area contributed by atoms with Crippen LogP contribution in [0, 0.1) is 6.92 Å². The topological polar surface area (TPSA) is 69.7 Å². The van der Waals surface area contributed by atoms with Gasteiger partial charge in [0, 0.05) is 44.0 Å². The van der Waals surface area contributed by atoms with Crippen LogP contribution in [0.3, 0.4) is 0 Å². The van der Waals surface area contributed by atoms with Gasteiger partial charge in [-0.15, -0.1) is 0 Å². The average Bonchev–Trinajstić information content (AvgIpc) is 2.68. The minimum atomic E-state index is -3.46. The van der Waals surface area contributed by atoms with Gasteiger partial charge in [0.2, 0.25) is 15.9 Å². The van der Waals surface area contributed by atoms with Crippen molar-refractivity contribution in [3.63, 3.8) is 0 Å². The zero-order valence-electron chi connectivity index (χ0n) is 15.3. The normalized spacial score (nSPS) is 18.1. The first-order valence-corrected chi connectivity index (χ1v) is 10.6. The number of fused-ring (bicyclic) bond motifs is 1. The second-order valence-corrected chi connectivity index (χ2v) is 8.95. The zero-order chi connectivity index (χ0) is 19.0. The summed E-state index contributed by atoms with van der Waals surface area (Å²) in [4.78, 5) is 14.1. The Morgan fingerprint density at radius 3 is 2.44 bits per heavy atom. The molecule has 1 fully saturated rings. The minimum Gasteiger partial charge on any atom is -0.369 e. The summed E-state index contributed by atoms with van der Waals surface area (Å²) in [5, 5.41) is 2.90. The number of hydrogen-bond donors (Lipinski definition) is 1. The largest absolute Gasteiger partial charge is 0.369 e. The molecule has 0 aromatic heterocycles. The summed E-state index contributed by atoms with van der Waals surface area (Å²) >= 11 is 0. The van der Waals surface area contributed by atoms with E-state index in [1.807, 2.05) is 31.2 Å². The predicted octanol–water partition coefficient (Wildman–Crippen LogP) is 2.39. The Morgan fingerprint density at radius 2 is 1.70 bits per heavy atom. The molecule has 0 aliphatic carbocycles. The molecule has 0 unspecified atom stereocenters. The smallest absolute Gasteiger partial charge is 0.243 e. The molecule has 4 rings (SSSR count). The van der Waals surface area contributed by atoms with E-state index in [0.717, 1.165) is 28.9 Å². The highest BCUT2D eigenvalue weighted by Crippen LogP contribution is 2.29. The SMILES string of the molecule is Cc1ccccc1S(=O)(=O)N1CCN(c2ccc3c(c2)CCC(=O)N3)CC1. The third-order valence-electron chi connectivity index (χ3n) is 5.30. The van der Waals surface area contributed by atoms with Crippen molar-refractivity contribution in [2.45, 2.75) is 24.7 Å². The molecule has 0 radical (unpaired) electrons. The molecule has 1 N–H and O–H groups in total. The van der Waals surface area contributed by atoms with E-state index in [1.165, 1.54) is 0 Å². The van der Waals surface area contributed by atoms with E-state index in [-0.39, 0.29) is 5.91 Å². The quantitative estimate of drug-likeness (QED) is 0.881. The molecule has 7 heteroatoms. The minimum absolute atomic E-state index is 0.0604. The molecule has 0 saturated carbocycles. The van der Waals surface area contributed by atoms with E-state index < -0.39 is 10.0 Å². The second kappa shape index (κ2) is 6.98. The van der Waals surface area contributed by atoms with Gasteiger partial charge in [-0.25, -0.2) is 8.42 Å². The maximum Gasteiger partial charge on any atom is 0.243 e. The van der Waals surface area contributed by atoms with Crippen molar-refractivity contribution in [1.82, 2.24) is 4.31 Å². The maximum absolute atomic E-state index is 12.9. The number of amides is 1. The number of nitrogens with one attached hydrogen (secondary N) is 1. The summed E-state index contributed by atoms with van der Waals surface area (Å²) in [6, 6.07) is 13.2. The Balaban J connectivity index is 1.48. The second-order valence-electron chi connectivity index (χ2n) is 7.05. The molecule has 0 bridgehead atoms. The lowest BCUT2D eigenvalue weighted by Gasteiger charge is -2.36. The van der Waals surface area contributed by atoms with Gasteiger partial charge in [0.1, 0.15) is 0 Å². The number of nitrogens with zero attached hydrogens (tertiary/aromatic N) is 2. The number of rotatable bonds is 3. The van der Waals surface area contributed by atoms with Crippen LogP contribution in [0.4, 0.5) is 11.4 Å². The molecule has 6 nitrogen and oxygen atoms in total. The Morgan fingerprint density at radius 1 is 0.963 bits per heavy atom. The summed E-state index contributed by atoms with van der Waals surface area (Å²) in [7, 11) is -3.46. The molecule has 27 heavy (non-hydrogen) atoms. The lowest BCUT2D eigenvalue weighted by Crippen LogP contribution is -2.48. The van der Waals surface area contributed by atoms with Crippen LogP contribution >= 0.6 is 0 Å². The number of benzene rings is 2. The van der Waals surface area contributed by atoms with Crippen molar-refractivity contribution in [1.29, 1.82) is 0 Å². The monoisotopic (exact) mass is 385 g/mol. The van der Waals surface area contributed by atoms with Gasteiger partial charge in [-0.3, -0.25) is 4.79 Å². The average molecular weight is 385 g/mol. The lowest BCUT2D eigenvalue weighted by molar-refractivity contribution is -0.116. The molecule has 2 aliphatic rings.